The van der Waals surface area contributed by atoms with E-state index >= 15 is 0 Å². The minimum atomic E-state index is 0.680. The van der Waals surface area contributed by atoms with Crippen LogP contribution in [0, 0.1) is 5.92 Å². The SMILES string of the molecule is CCCc1nc(NN)cc(NCC2CCC2)n1. The molecule has 4 N–H and O–H groups in total. The van der Waals surface area contributed by atoms with Crippen LogP contribution in [0.3, 0.4) is 0 Å². The van der Waals surface area contributed by atoms with Crippen molar-refractivity contribution in [3.05, 3.63) is 11.9 Å². The van der Waals surface area contributed by atoms with Gasteiger partial charge in [0, 0.05) is 19.0 Å². The van der Waals surface area contributed by atoms with Crippen LogP contribution in [0.25, 0.3) is 0 Å². The lowest BCUT2D eigenvalue weighted by atomic mass is 9.85. The minimum Gasteiger partial charge on any atom is -0.370 e. The van der Waals surface area contributed by atoms with Crippen molar-refractivity contribution in [1.82, 2.24) is 9.97 Å². The molecule has 2 rings (SSSR count). The molecule has 0 bridgehead atoms. The van der Waals surface area contributed by atoms with E-state index in [4.69, 9.17) is 5.84 Å². The molecular weight excluding hydrogens is 214 g/mol. The fourth-order valence-electron chi connectivity index (χ4n) is 1.94. The van der Waals surface area contributed by atoms with Crippen LogP contribution < -0.4 is 16.6 Å². The molecule has 1 aliphatic carbocycles. The molecule has 1 aromatic heterocycles. The molecule has 0 unspecified atom stereocenters. The molecular formula is C12H21N5. The third kappa shape index (κ3) is 3.30. The van der Waals surface area contributed by atoms with Crippen molar-refractivity contribution < 1.29 is 0 Å². The van der Waals surface area contributed by atoms with E-state index in [1.807, 2.05) is 6.07 Å². The number of rotatable bonds is 6. The zero-order valence-corrected chi connectivity index (χ0v) is 10.4. The number of nitrogens with two attached hydrogens (primary N) is 1. The lowest BCUT2D eigenvalue weighted by Crippen LogP contribution is -2.22. The van der Waals surface area contributed by atoms with E-state index in [1.54, 1.807) is 0 Å². The van der Waals surface area contributed by atoms with Gasteiger partial charge in [-0.05, 0) is 25.2 Å². The highest BCUT2D eigenvalue weighted by Gasteiger charge is 2.17. The van der Waals surface area contributed by atoms with Crippen molar-refractivity contribution in [3.8, 4) is 0 Å². The van der Waals surface area contributed by atoms with Gasteiger partial charge in [0.1, 0.15) is 17.5 Å². The Bertz CT molecular complexity index is 362. The highest BCUT2D eigenvalue weighted by Crippen LogP contribution is 2.26. The maximum absolute atomic E-state index is 5.41. The second-order valence-corrected chi connectivity index (χ2v) is 4.63. The number of hydrazine groups is 1. The predicted octanol–water partition coefficient (Wildman–Crippen LogP) is 1.93. The van der Waals surface area contributed by atoms with Gasteiger partial charge in [-0.15, -0.1) is 0 Å². The summed E-state index contributed by atoms with van der Waals surface area (Å²) in [6, 6.07) is 1.86. The van der Waals surface area contributed by atoms with Crippen LogP contribution in [0.4, 0.5) is 11.6 Å². The topological polar surface area (TPSA) is 75.9 Å². The molecule has 0 aliphatic heterocycles. The maximum atomic E-state index is 5.41. The zero-order chi connectivity index (χ0) is 12.1. The molecule has 1 fully saturated rings. The van der Waals surface area contributed by atoms with Gasteiger partial charge in [-0.3, -0.25) is 0 Å². The van der Waals surface area contributed by atoms with E-state index in [0.717, 1.165) is 36.9 Å². The van der Waals surface area contributed by atoms with Crippen LogP contribution in [0.5, 0.6) is 0 Å². The molecule has 0 saturated heterocycles. The summed E-state index contributed by atoms with van der Waals surface area (Å²) in [6.07, 6.45) is 5.96. The van der Waals surface area contributed by atoms with Gasteiger partial charge in [-0.25, -0.2) is 15.8 Å². The van der Waals surface area contributed by atoms with E-state index in [-0.39, 0.29) is 0 Å². The number of nitrogens with zero attached hydrogens (tertiary/aromatic N) is 2. The Morgan fingerprint density at radius 2 is 2.12 bits per heavy atom. The first kappa shape index (κ1) is 12.1. The standard InChI is InChI=1S/C12H21N5/c1-2-4-10-15-11(7-12(16-10)17-13)14-8-9-5-3-6-9/h7,9H,2-6,8,13H2,1H3,(H2,14,15,16,17). The van der Waals surface area contributed by atoms with Crippen LogP contribution >= 0.6 is 0 Å². The summed E-state index contributed by atoms with van der Waals surface area (Å²) < 4.78 is 0. The Balaban J connectivity index is 2.00. The molecule has 0 radical (unpaired) electrons. The summed E-state index contributed by atoms with van der Waals surface area (Å²) >= 11 is 0. The predicted molar refractivity (Wildman–Crippen MR) is 69.7 cm³/mol. The maximum Gasteiger partial charge on any atom is 0.145 e. The second-order valence-electron chi connectivity index (χ2n) is 4.63. The van der Waals surface area contributed by atoms with E-state index in [9.17, 15) is 0 Å². The smallest absolute Gasteiger partial charge is 0.145 e. The molecule has 94 valence electrons. The molecule has 5 nitrogen and oxygen atoms in total. The average molecular weight is 235 g/mol. The van der Waals surface area contributed by atoms with Gasteiger partial charge in [-0.2, -0.15) is 0 Å². The molecule has 0 aromatic carbocycles. The molecule has 0 atom stereocenters. The van der Waals surface area contributed by atoms with Gasteiger partial charge >= 0.3 is 0 Å². The summed E-state index contributed by atoms with van der Waals surface area (Å²) in [5, 5.41) is 3.37. The number of nitrogen functional groups attached to an aromatic ring is 1. The highest BCUT2D eigenvalue weighted by molar-refractivity contribution is 5.46. The van der Waals surface area contributed by atoms with Crippen molar-refractivity contribution in [2.75, 3.05) is 17.3 Å². The highest BCUT2D eigenvalue weighted by atomic mass is 15.3. The van der Waals surface area contributed by atoms with Gasteiger partial charge in [-0.1, -0.05) is 13.3 Å². The summed E-state index contributed by atoms with van der Waals surface area (Å²) in [4.78, 5) is 8.80. The summed E-state index contributed by atoms with van der Waals surface area (Å²) in [5.41, 5.74) is 2.59. The lowest BCUT2D eigenvalue weighted by Gasteiger charge is -2.25. The van der Waals surface area contributed by atoms with Crippen LogP contribution in [0.2, 0.25) is 0 Å². The van der Waals surface area contributed by atoms with Crippen LogP contribution in [-0.4, -0.2) is 16.5 Å². The largest absolute Gasteiger partial charge is 0.370 e. The van der Waals surface area contributed by atoms with Gasteiger partial charge < -0.3 is 10.7 Å². The van der Waals surface area contributed by atoms with Crippen molar-refractivity contribution in [2.24, 2.45) is 11.8 Å². The first-order valence-corrected chi connectivity index (χ1v) is 6.40. The number of nitrogens with one attached hydrogen (secondary N) is 2. The monoisotopic (exact) mass is 235 g/mol. The number of aryl methyl sites for hydroxylation is 1. The Hall–Kier alpha value is -1.36. The molecule has 1 aromatic rings. The number of hydrogen-bond acceptors (Lipinski definition) is 5. The normalized spacial score (nSPS) is 15.4. The van der Waals surface area contributed by atoms with Crippen LogP contribution in [-0.2, 0) is 6.42 Å². The fraction of sp³-hybridized carbons (Fsp3) is 0.667. The van der Waals surface area contributed by atoms with Gasteiger partial charge in [0.15, 0.2) is 0 Å². The van der Waals surface area contributed by atoms with Gasteiger partial charge in [0.2, 0.25) is 0 Å². The zero-order valence-electron chi connectivity index (χ0n) is 10.4. The minimum absolute atomic E-state index is 0.680. The number of anilines is 2. The van der Waals surface area contributed by atoms with E-state index in [1.165, 1.54) is 19.3 Å². The Kier molecular flexibility index (Phi) is 4.14. The van der Waals surface area contributed by atoms with Crippen LogP contribution in [0.1, 0.15) is 38.4 Å². The van der Waals surface area contributed by atoms with Crippen molar-refractivity contribution in [3.63, 3.8) is 0 Å². The van der Waals surface area contributed by atoms with Crippen molar-refractivity contribution >= 4 is 11.6 Å². The lowest BCUT2D eigenvalue weighted by molar-refractivity contribution is 0.333. The quantitative estimate of drug-likeness (QED) is 0.519. The third-order valence-electron chi connectivity index (χ3n) is 3.19. The van der Waals surface area contributed by atoms with E-state index < -0.39 is 0 Å². The first-order valence-electron chi connectivity index (χ1n) is 6.40. The summed E-state index contributed by atoms with van der Waals surface area (Å²) in [6.45, 7) is 3.12. The van der Waals surface area contributed by atoms with Crippen molar-refractivity contribution in [2.45, 2.75) is 39.0 Å². The van der Waals surface area contributed by atoms with E-state index in [2.05, 4.69) is 27.6 Å². The average Bonchev–Trinajstić information content (AvgIpc) is 2.27. The molecule has 1 saturated carbocycles. The van der Waals surface area contributed by atoms with E-state index in [0.29, 0.717) is 5.82 Å². The molecule has 0 amide bonds. The van der Waals surface area contributed by atoms with Crippen LogP contribution in [0.15, 0.2) is 6.07 Å². The van der Waals surface area contributed by atoms with Gasteiger partial charge in [0.05, 0.1) is 0 Å². The Labute approximate surface area is 102 Å². The van der Waals surface area contributed by atoms with Crippen molar-refractivity contribution in [1.29, 1.82) is 0 Å². The molecule has 1 heterocycles. The molecule has 0 spiro atoms. The molecule has 17 heavy (non-hydrogen) atoms. The number of aromatic nitrogens is 2. The Morgan fingerprint density at radius 1 is 1.35 bits per heavy atom. The first-order chi connectivity index (χ1) is 8.31. The van der Waals surface area contributed by atoms with Gasteiger partial charge in [0.25, 0.3) is 0 Å². The molecule has 5 heteroatoms. The second kappa shape index (κ2) is 5.82. The summed E-state index contributed by atoms with van der Waals surface area (Å²) in [5.74, 6) is 8.63. The Morgan fingerprint density at radius 3 is 2.71 bits per heavy atom. The number of hydrogen-bond donors (Lipinski definition) is 3. The fourth-order valence-corrected chi connectivity index (χ4v) is 1.94. The summed E-state index contributed by atoms with van der Waals surface area (Å²) in [7, 11) is 0. The molecule has 1 aliphatic rings. The third-order valence-corrected chi connectivity index (χ3v) is 3.19.